The van der Waals surface area contributed by atoms with E-state index in [0.29, 0.717) is 0 Å². The summed E-state index contributed by atoms with van der Waals surface area (Å²) in [6.45, 7) is 3.77. The van der Waals surface area contributed by atoms with Gasteiger partial charge in [-0.15, -0.1) is 11.3 Å². The van der Waals surface area contributed by atoms with Crippen LogP contribution in [0, 0.1) is 0 Å². The van der Waals surface area contributed by atoms with Crippen molar-refractivity contribution in [1.29, 1.82) is 0 Å². The Morgan fingerprint density at radius 3 is 2.53 bits per heavy atom. The van der Waals surface area contributed by atoms with Gasteiger partial charge in [0.15, 0.2) is 0 Å². The van der Waals surface area contributed by atoms with Crippen LogP contribution in [0.25, 0.3) is 0 Å². The molecule has 1 aromatic heterocycles. The molecule has 0 atom stereocenters. The van der Waals surface area contributed by atoms with Crippen LogP contribution in [0.1, 0.15) is 40.7 Å². The summed E-state index contributed by atoms with van der Waals surface area (Å²) in [6.07, 6.45) is -4.54. The van der Waals surface area contributed by atoms with Gasteiger partial charge in [-0.1, -0.05) is 13.8 Å². The molecule has 1 N–H and O–H groups in total. The van der Waals surface area contributed by atoms with Crippen molar-refractivity contribution in [2.24, 2.45) is 0 Å². The summed E-state index contributed by atoms with van der Waals surface area (Å²) in [6, 6.07) is 8.08. The molecule has 0 aliphatic carbocycles. The Balaban J connectivity index is 1.66. The molecule has 0 fully saturated rings. The first kappa shape index (κ1) is 24.0. The number of nitrogens with one attached hydrogen (secondary N) is 1. The molecule has 2 aromatic carbocycles. The number of benzene rings is 2. The van der Waals surface area contributed by atoms with Crippen LogP contribution in [-0.2, 0) is 16.2 Å². The number of hydrogen-bond acceptors (Lipinski definition) is 6. The number of carbonyl (C=O) groups excluding carboxylic acids is 1. The first-order valence-electron chi connectivity index (χ1n) is 10.2. The summed E-state index contributed by atoms with van der Waals surface area (Å²) in [4.78, 5) is 17.5. The summed E-state index contributed by atoms with van der Waals surface area (Å²) in [5.74, 6) is -0.299. The number of alkyl halides is 3. The second-order valence-corrected chi connectivity index (χ2v) is 10.5. The van der Waals surface area contributed by atoms with Gasteiger partial charge in [-0.3, -0.25) is 9.10 Å². The number of carbonyl (C=O) groups is 1. The van der Waals surface area contributed by atoms with Crippen molar-refractivity contribution in [2.75, 3.05) is 22.8 Å². The van der Waals surface area contributed by atoms with E-state index in [-0.39, 0.29) is 46.8 Å². The molecule has 0 unspecified atom stereocenters. The lowest BCUT2D eigenvalue weighted by atomic mass is 10.1. The second kappa shape index (κ2) is 8.91. The quantitative estimate of drug-likeness (QED) is 0.525. The van der Waals surface area contributed by atoms with Gasteiger partial charge in [-0.25, -0.2) is 13.4 Å². The predicted molar refractivity (Wildman–Crippen MR) is 122 cm³/mol. The van der Waals surface area contributed by atoms with E-state index >= 15 is 0 Å². The minimum atomic E-state index is -4.54. The molecule has 0 bridgehead atoms. The van der Waals surface area contributed by atoms with Crippen LogP contribution in [-0.4, -0.2) is 32.5 Å². The van der Waals surface area contributed by atoms with E-state index < -0.39 is 27.7 Å². The van der Waals surface area contributed by atoms with E-state index in [9.17, 15) is 26.4 Å². The summed E-state index contributed by atoms with van der Waals surface area (Å²) in [5.41, 5.74) is 1.24. The van der Waals surface area contributed by atoms with Crippen LogP contribution in [0.3, 0.4) is 0 Å². The van der Waals surface area contributed by atoms with Crippen molar-refractivity contribution in [3.05, 3.63) is 64.1 Å². The van der Waals surface area contributed by atoms with Gasteiger partial charge in [0, 0.05) is 10.6 Å². The average Bonchev–Trinajstić information content (AvgIpc) is 3.23. The number of halogens is 3. The Morgan fingerprint density at radius 1 is 1.18 bits per heavy atom. The third-order valence-corrected chi connectivity index (χ3v) is 8.12. The molecule has 180 valence electrons. The predicted octanol–water partition coefficient (Wildman–Crippen LogP) is 5.13. The molecule has 1 aliphatic heterocycles. The number of nitrogens with zero attached hydrogens (tertiary/aromatic N) is 2. The molecule has 7 nitrogen and oxygen atoms in total. The molecular weight excluding hydrogens is 491 g/mol. The maximum absolute atomic E-state index is 13.4. The Labute approximate surface area is 198 Å². The van der Waals surface area contributed by atoms with Crippen molar-refractivity contribution < 1.29 is 31.1 Å². The van der Waals surface area contributed by atoms with Crippen LogP contribution >= 0.6 is 11.3 Å². The summed E-state index contributed by atoms with van der Waals surface area (Å²) in [7, 11) is -4.19. The van der Waals surface area contributed by atoms with Crippen LogP contribution in [0.4, 0.5) is 24.5 Å². The Kier molecular flexibility index (Phi) is 6.30. The van der Waals surface area contributed by atoms with Crippen molar-refractivity contribution in [3.8, 4) is 5.75 Å². The number of ether oxygens (including phenoxy) is 1. The number of aromatic nitrogens is 1. The van der Waals surface area contributed by atoms with Gasteiger partial charge in [0.05, 0.1) is 23.3 Å². The van der Waals surface area contributed by atoms with Crippen molar-refractivity contribution in [2.45, 2.75) is 30.8 Å². The van der Waals surface area contributed by atoms with Crippen molar-refractivity contribution >= 4 is 38.6 Å². The van der Waals surface area contributed by atoms with Gasteiger partial charge in [0.1, 0.15) is 22.9 Å². The Morgan fingerprint density at radius 2 is 1.88 bits per heavy atom. The second-order valence-electron chi connectivity index (χ2n) is 7.81. The van der Waals surface area contributed by atoms with Gasteiger partial charge in [-0.2, -0.15) is 13.2 Å². The fourth-order valence-electron chi connectivity index (χ4n) is 3.49. The average molecular weight is 512 g/mol. The zero-order valence-electron chi connectivity index (χ0n) is 18.1. The summed E-state index contributed by atoms with van der Waals surface area (Å²) in [5, 5.41) is 2.67. The fourth-order valence-corrected chi connectivity index (χ4v) is 5.90. The van der Waals surface area contributed by atoms with Crippen LogP contribution in [0.2, 0.25) is 0 Å². The monoisotopic (exact) mass is 511 g/mol. The minimum Gasteiger partial charge on any atom is -0.490 e. The molecule has 1 aliphatic rings. The highest BCUT2D eigenvalue weighted by molar-refractivity contribution is 7.93. The van der Waals surface area contributed by atoms with Crippen LogP contribution in [0.5, 0.6) is 5.75 Å². The van der Waals surface area contributed by atoms with Crippen molar-refractivity contribution in [3.63, 3.8) is 0 Å². The molecule has 1 amide bonds. The lowest BCUT2D eigenvalue weighted by molar-refractivity contribution is -0.137. The standard InChI is InChI=1S/C22H20F3N3O4S2/c1-13(2)20-19(26-12-33-20)21(29)27-15-5-8-17-18(11-15)34(30,31)28(9-10-32-17)16-6-3-14(4-7-16)22(23,24)25/h3-8,11-13H,9-10H2,1-2H3,(H,27,29). The number of anilines is 2. The molecule has 0 saturated carbocycles. The van der Waals surface area contributed by atoms with Gasteiger partial charge < -0.3 is 10.1 Å². The number of thiazole rings is 1. The van der Waals surface area contributed by atoms with E-state index in [1.165, 1.54) is 29.5 Å². The maximum atomic E-state index is 13.4. The van der Waals surface area contributed by atoms with E-state index in [1.54, 1.807) is 5.51 Å². The third-order valence-electron chi connectivity index (χ3n) is 5.14. The molecule has 2 heterocycles. The van der Waals surface area contributed by atoms with E-state index in [2.05, 4.69) is 10.3 Å². The lowest BCUT2D eigenvalue weighted by Crippen LogP contribution is -2.32. The van der Waals surface area contributed by atoms with E-state index in [4.69, 9.17) is 4.74 Å². The smallest absolute Gasteiger partial charge is 0.416 e. The normalized spacial score (nSPS) is 15.4. The van der Waals surface area contributed by atoms with Crippen LogP contribution < -0.4 is 14.4 Å². The van der Waals surface area contributed by atoms with E-state index in [0.717, 1.165) is 33.4 Å². The lowest BCUT2D eigenvalue weighted by Gasteiger charge is -2.22. The number of hydrogen-bond donors (Lipinski definition) is 1. The molecule has 0 spiro atoms. The molecule has 12 heteroatoms. The SMILES string of the molecule is CC(C)c1scnc1C(=O)Nc1ccc2c(c1)S(=O)(=O)N(c1ccc(C(F)(F)F)cc1)CCO2. The van der Waals surface area contributed by atoms with Gasteiger partial charge in [0.2, 0.25) is 0 Å². The number of fused-ring (bicyclic) bond motifs is 1. The molecule has 0 saturated heterocycles. The van der Waals surface area contributed by atoms with Gasteiger partial charge >= 0.3 is 6.18 Å². The minimum absolute atomic E-state index is 0.00443. The van der Waals surface area contributed by atoms with Gasteiger partial charge in [-0.05, 0) is 48.4 Å². The highest BCUT2D eigenvalue weighted by Crippen LogP contribution is 2.36. The zero-order valence-corrected chi connectivity index (χ0v) is 19.7. The summed E-state index contributed by atoms with van der Waals surface area (Å²) < 4.78 is 72.1. The fraction of sp³-hybridized carbons (Fsp3) is 0.273. The third kappa shape index (κ3) is 4.60. The number of amides is 1. The Bertz CT molecular complexity index is 1320. The first-order valence-corrected chi connectivity index (χ1v) is 12.5. The summed E-state index contributed by atoms with van der Waals surface area (Å²) >= 11 is 1.36. The van der Waals surface area contributed by atoms with E-state index in [1.807, 2.05) is 13.8 Å². The zero-order chi connectivity index (χ0) is 24.7. The van der Waals surface area contributed by atoms with Gasteiger partial charge in [0.25, 0.3) is 15.9 Å². The van der Waals surface area contributed by atoms with Crippen molar-refractivity contribution in [1.82, 2.24) is 4.98 Å². The highest BCUT2D eigenvalue weighted by Gasteiger charge is 2.34. The molecule has 34 heavy (non-hydrogen) atoms. The largest absolute Gasteiger partial charge is 0.490 e. The molecule has 3 aromatic rings. The Hall–Kier alpha value is -3.12. The topological polar surface area (TPSA) is 88.6 Å². The maximum Gasteiger partial charge on any atom is 0.416 e. The van der Waals surface area contributed by atoms with Crippen LogP contribution in [0.15, 0.2) is 52.9 Å². The number of rotatable bonds is 4. The molecular formula is C22H20F3N3O4S2. The molecule has 4 rings (SSSR count). The highest BCUT2D eigenvalue weighted by atomic mass is 32.2. The molecule has 0 radical (unpaired) electrons. The number of sulfonamides is 1. The first-order chi connectivity index (χ1) is 16.0.